The minimum atomic E-state index is -0.302. The van der Waals surface area contributed by atoms with E-state index in [2.05, 4.69) is 19.2 Å². The van der Waals surface area contributed by atoms with Crippen LogP contribution in [0.4, 0.5) is 0 Å². The maximum Gasteiger partial charge on any atom is 0.338 e. The molecule has 0 aliphatic heterocycles. The van der Waals surface area contributed by atoms with Gasteiger partial charge in [-0.2, -0.15) is 0 Å². The van der Waals surface area contributed by atoms with Crippen molar-refractivity contribution in [3.8, 4) is 0 Å². The molecule has 1 atom stereocenters. The smallest absolute Gasteiger partial charge is 0.338 e. The standard InChI is InChI=1S/C14H20ClNO2/c1-3-9-16-13(4-2)10-18-14(17)11-5-7-12(15)8-6-11/h5-8,13,16H,3-4,9-10H2,1-2H3. The van der Waals surface area contributed by atoms with Crippen LogP contribution >= 0.6 is 11.6 Å². The van der Waals surface area contributed by atoms with E-state index in [1.807, 2.05) is 0 Å². The minimum absolute atomic E-state index is 0.223. The van der Waals surface area contributed by atoms with Crippen molar-refractivity contribution in [3.05, 3.63) is 34.9 Å². The minimum Gasteiger partial charge on any atom is -0.460 e. The van der Waals surface area contributed by atoms with E-state index >= 15 is 0 Å². The maximum atomic E-state index is 11.8. The molecule has 18 heavy (non-hydrogen) atoms. The average molecular weight is 270 g/mol. The van der Waals surface area contributed by atoms with Crippen molar-refractivity contribution in [1.82, 2.24) is 5.32 Å². The van der Waals surface area contributed by atoms with E-state index in [0.717, 1.165) is 19.4 Å². The van der Waals surface area contributed by atoms with Gasteiger partial charge in [-0.1, -0.05) is 25.4 Å². The highest BCUT2D eigenvalue weighted by atomic mass is 35.5. The van der Waals surface area contributed by atoms with Crippen LogP contribution < -0.4 is 5.32 Å². The van der Waals surface area contributed by atoms with Crippen LogP contribution in [0.25, 0.3) is 0 Å². The summed E-state index contributed by atoms with van der Waals surface area (Å²) in [6.45, 7) is 5.53. The Hall–Kier alpha value is -1.06. The molecule has 1 aromatic rings. The first kappa shape index (κ1) is 15.0. The van der Waals surface area contributed by atoms with Crippen molar-refractivity contribution in [1.29, 1.82) is 0 Å². The Kier molecular flexibility index (Phi) is 6.76. The number of hydrogen-bond donors (Lipinski definition) is 1. The van der Waals surface area contributed by atoms with E-state index in [0.29, 0.717) is 17.2 Å². The Bertz CT molecular complexity index is 365. The lowest BCUT2D eigenvalue weighted by molar-refractivity contribution is 0.0463. The van der Waals surface area contributed by atoms with Crippen LogP contribution in [-0.4, -0.2) is 25.2 Å². The third kappa shape index (κ3) is 5.07. The van der Waals surface area contributed by atoms with Gasteiger partial charge >= 0.3 is 5.97 Å². The van der Waals surface area contributed by atoms with Gasteiger partial charge < -0.3 is 10.1 Å². The molecule has 0 saturated carbocycles. The third-order valence-electron chi connectivity index (χ3n) is 2.67. The van der Waals surface area contributed by atoms with Crippen LogP contribution in [0, 0.1) is 0 Å². The highest BCUT2D eigenvalue weighted by Gasteiger charge is 2.11. The number of hydrogen-bond acceptors (Lipinski definition) is 3. The van der Waals surface area contributed by atoms with Crippen LogP contribution in [0.2, 0.25) is 5.02 Å². The van der Waals surface area contributed by atoms with Crippen molar-refractivity contribution in [2.24, 2.45) is 0 Å². The fourth-order valence-electron chi connectivity index (χ4n) is 1.52. The SMILES string of the molecule is CCCNC(CC)COC(=O)c1ccc(Cl)cc1. The van der Waals surface area contributed by atoms with Crippen molar-refractivity contribution in [2.45, 2.75) is 32.7 Å². The molecule has 0 heterocycles. The van der Waals surface area contributed by atoms with Gasteiger partial charge in [-0.15, -0.1) is 0 Å². The molecule has 1 rings (SSSR count). The number of rotatable bonds is 7. The molecule has 0 radical (unpaired) electrons. The fourth-order valence-corrected chi connectivity index (χ4v) is 1.64. The van der Waals surface area contributed by atoms with Gasteiger partial charge in [0.05, 0.1) is 5.56 Å². The number of esters is 1. The average Bonchev–Trinajstić information content (AvgIpc) is 2.39. The van der Waals surface area contributed by atoms with Crippen molar-refractivity contribution < 1.29 is 9.53 Å². The van der Waals surface area contributed by atoms with Crippen molar-refractivity contribution >= 4 is 17.6 Å². The van der Waals surface area contributed by atoms with Gasteiger partial charge in [0.15, 0.2) is 0 Å². The summed E-state index contributed by atoms with van der Waals surface area (Å²) >= 11 is 5.76. The molecule has 0 fully saturated rings. The number of nitrogens with one attached hydrogen (secondary N) is 1. The topological polar surface area (TPSA) is 38.3 Å². The first-order valence-electron chi connectivity index (χ1n) is 6.33. The summed E-state index contributed by atoms with van der Waals surface area (Å²) in [5, 5.41) is 3.95. The molecular weight excluding hydrogens is 250 g/mol. The Morgan fingerprint density at radius 3 is 2.56 bits per heavy atom. The summed E-state index contributed by atoms with van der Waals surface area (Å²) in [4.78, 5) is 11.8. The molecule has 0 aromatic heterocycles. The van der Waals surface area contributed by atoms with E-state index in [9.17, 15) is 4.79 Å². The summed E-state index contributed by atoms with van der Waals surface area (Å²) < 4.78 is 5.27. The van der Waals surface area contributed by atoms with E-state index in [1.165, 1.54) is 0 Å². The second-order valence-electron chi connectivity index (χ2n) is 4.16. The number of carbonyl (C=O) groups excluding carboxylic acids is 1. The summed E-state index contributed by atoms with van der Waals surface area (Å²) in [6, 6.07) is 6.94. The molecule has 0 amide bonds. The van der Waals surface area contributed by atoms with Crippen LogP contribution in [-0.2, 0) is 4.74 Å². The van der Waals surface area contributed by atoms with Gasteiger partial charge in [0.2, 0.25) is 0 Å². The number of halogens is 1. The van der Waals surface area contributed by atoms with E-state index in [-0.39, 0.29) is 12.0 Å². The van der Waals surface area contributed by atoms with Crippen LogP contribution in [0.1, 0.15) is 37.0 Å². The molecule has 3 nitrogen and oxygen atoms in total. The zero-order chi connectivity index (χ0) is 13.4. The molecule has 100 valence electrons. The lowest BCUT2D eigenvalue weighted by atomic mass is 10.2. The summed E-state index contributed by atoms with van der Waals surface area (Å²) in [5.74, 6) is -0.302. The van der Waals surface area contributed by atoms with Gasteiger partial charge in [0, 0.05) is 11.1 Å². The molecule has 0 bridgehead atoms. The molecule has 1 unspecified atom stereocenters. The van der Waals surface area contributed by atoms with E-state index < -0.39 is 0 Å². The Balaban J connectivity index is 2.42. The summed E-state index contributed by atoms with van der Waals surface area (Å²) in [6.07, 6.45) is 2.01. The molecule has 0 aliphatic carbocycles. The predicted octanol–water partition coefficient (Wildman–Crippen LogP) is 3.28. The zero-order valence-corrected chi connectivity index (χ0v) is 11.7. The Labute approximate surface area is 113 Å². The monoisotopic (exact) mass is 269 g/mol. The van der Waals surface area contributed by atoms with Gasteiger partial charge in [0.25, 0.3) is 0 Å². The lowest BCUT2D eigenvalue weighted by Gasteiger charge is -2.16. The second kappa shape index (κ2) is 8.11. The predicted molar refractivity (Wildman–Crippen MR) is 74.1 cm³/mol. The first-order chi connectivity index (χ1) is 8.67. The molecule has 0 saturated heterocycles. The molecule has 0 aliphatic rings. The molecule has 0 spiro atoms. The first-order valence-corrected chi connectivity index (χ1v) is 6.71. The highest BCUT2D eigenvalue weighted by Crippen LogP contribution is 2.10. The van der Waals surface area contributed by atoms with Gasteiger partial charge in [-0.25, -0.2) is 4.79 Å². The lowest BCUT2D eigenvalue weighted by Crippen LogP contribution is -2.34. The van der Waals surface area contributed by atoms with Crippen LogP contribution in [0.5, 0.6) is 0 Å². The van der Waals surface area contributed by atoms with E-state index in [4.69, 9.17) is 16.3 Å². The number of ether oxygens (including phenoxy) is 1. The van der Waals surface area contributed by atoms with Gasteiger partial charge in [-0.05, 0) is 43.7 Å². The number of carbonyl (C=O) groups is 1. The highest BCUT2D eigenvalue weighted by molar-refractivity contribution is 6.30. The normalized spacial score (nSPS) is 12.2. The zero-order valence-electron chi connectivity index (χ0n) is 10.9. The van der Waals surface area contributed by atoms with Crippen molar-refractivity contribution in [3.63, 3.8) is 0 Å². The van der Waals surface area contributed by atoms with Gasteiger partial charge in [0.1, 0.15) is 6.61 Å². The molecule has 1 N–H and O–H groups in total. The third-order valence-corrected chi connectivity index (χ3v) is 2.92. The Morgan fingerprint density at radius 2 is 2.00 bits per heavy atom. The number of benzene rings is 1. The van der Waals surface area contributed by atoms with Gasteiger partial charge in [-0.3, -0.25) is 0 Å². The summed E-state index contributed by atoms with van der Waals surface area (Å²) in [7, 11) is 0. The quantitative estimate of drug-likeness (QED) is 0.772. The van der Waals surface area contributed by atoms with E-state index in [1.54, 1.807) is 24.3 Å². The molecular formula is C14H20ClNO2. The van der Waals surface area contributed by atoms with Crippen LogP contribution in [0.3, 0.4) is 0 Å². The summed E-state index contributed by atoms with van der Waals surface area (Å²) in [5.41, 5.74) is 0.532. The second-order valence-corrected chi connectivity index (χ2v) is 4.60. The molecule has 4 heteroatoms. The largest absolute Gasteiger partial charge is 0.460 e. The van der Waals surface area contributed by atoms with Crippen molar-refractivity contribution in [2.75, 3.05) is 13.2 Å². The maximum absolute atomic E-state index is 11.8. The fraction of sp³-hybridized carbons (Fsp3) is 0.500. The molecule has 1 aromatic carbocycles. The Morgan fingerprint density at radius 1 is 1.33 bits per heavy atom. The van der Waals surface area contributed by atoms with Crippen LogP contribution in [0.15, 0.2) is 24.3 Å².